The molecule has 0 radical (unpaired) electrons. The van der Waals surface area contributed by atoms with Gasteiger partial charge in [0.1, 0.15) is 11.5 Å². The second kappa shape index (κ2) is 6.48. The molecule has 1 saturated heterocycles. The normalized spacial score (nSPS) is 18.9. The third-order valence-electron chi connectivity index (χ3n) is 4.82. The van der Waals surface area contributed by atoms with Crippen LogP contribution in [0, 0.1) is 5.41 Å². The number of carbonyl (C=O) groups excluding carboxylic acids is 1. The van der Waals surface area contributed by atoms with Crippen LogP contribution in [0.1, 0.15) is 36.2 Å². The van der Waals surface area contributed by atoms with Crippen LogP contribution < -0.4 is 5.56 Å². The predicted molar refractivity (Wildman–Crippen MR) is 93.3 cm³/mol. The molecule has 1 aliphatic heterocycles. The van der Waals surface area contributed by atoms with Crippen molar-refractivity contribution in [3.05, 3.63) is 52.5 Å². The first-order chi connectivity index (χ1) is 11.9. The van der Waals surface area contributed by atoms with E-state index in [1.165, 1.54) is 10.6 Å². The standard InChI is InChI=1S/C18H24N4O3/c1-18(2)12-22(17(24)13-6-5-7-14(23)20(13)3)15(18)16-19-8-9-21(16)10-11-25-4/h5-9,15H,10-12H2,1-4H3. The summed E-state index contributed by atoms with van der Waals surface area (Å²) in [6.45, 7) is 6.14. The van der Waals surface area contributed by atoms with Gasteiger partial charge >= 0.3 is 0 Å². The fraction of sp³-hybridized carbons (Fsp3) is 0.500. The molecule has 0 aromatic carbocycles. The molecule has 2 aromatic rings. The largest absolute Gasteiger partial charge is 0.383 e. The van der Waals surface area contributed by atoms with Gasteiger partial charge in [0, 0.05) is 51.1 Å². The van der Waals surface area contributed by atoms with Crippen LogP contribution in [0.5, 0.6) is 0 Å². The van der Waals surface area contributed by atoms with Crippen molar-refractivity contribution in [3.63, 3.8) is 0 Å². The molecule has 7 heteroatoms. The Kier molecular flexibility index (Phi) is 4.51. The first kappa shape index (κ1) is 17.4. The average Bonchev–Trinajstić information content (AvgIpc) is 3.00. The molecule has 0 saturated carbocycles. The molecule has 25 heavy (non-hydrogen) atoms. The van der Waals surface area contributed by atoms with Crippen LogP contribution in [-0.4, -0.2) is 45.2 Å². The van der Waals surface area contributed by atoms with Crippen molar-refractivity contribution >= 4 is 5.91 Å². The van der Waals surface area contributed by atoms with Gasteiger partial charge in [0.05, 0.1) is 12.6 Å². The zero-order chi connectivity index (χ0) is 18.2. The summed E-state index contributed by atoms with van der Waals surface area (Å²) < 4.78 is 8.58. The fourth-order valence-corrected chi connectivity index (χ4v) is 3.48. The van der Waals surface area contributed by atoms with E-state index in [2.05, 4.69) is 18.8 Å². The van der Waals surface area contributed by atoms with Crippen molar-refractivity contribution in [3.8, 4) is 0 Å². The summed E-state index contributed by atoms with van der Waals surface area (Å²) >= 11 is 0. The van der Waals surface area contributed by atoms with Gasteiger partial charge in [-0.25, -0.2) is 4.98 Å². The number of likely N-dealkylation sites (tertiary alicyclic amines) is 1. The molecule has 0 bridgehead atoms. The fourth-order valence-electron chi connectivity index (χ4n) is 3.48. The van der Waals surface area contributed by atoms with Crippen molar-refractivity contribution in [2.75, 3.05) is 20.3 Å². The minimum atomic E-state index is -0.191. The van der Waals surface area contributed by atoms with Crippen molar-refractivity contribution in [2.45, 2.75) is 26.4 Å². The lowest BCUT2D eigenvalue weighted by Crippen LogP contribution is -2.59. The summed E-state index contributed by atoms with van der Waals surface area (Å²) in [6, 6.07) is 4.62. The number of aromatic nitrogens is 3. The molecule has 1 atom stereocenters. The van der Waals surface area contributed by atoms with Gasteiger partial charge in [-0.05, 0) is 6.07 Å². The Bertz CT molecular complexity index is 837. The zero-order valence-corrected chi connectivity index (χ0v) is 15.1. The van der Waals surface area contributed by atoms with Crippen LogP contribution in [0.25, 0.3) is 0 Å². The van der Waals surface area contributed by atoms with E-state index in [-0.39, 0.29) is 22.9 Å². The molecule has 1 fully saturated rings. The minimum Gasteiger partial charge on any atom is -0.383 e. The van der Waals surface area contributed by atoms with Gasteiger partial charge in [0.15, 0.2) is 0 Å². The summed E-state index contributed by atoms with van der Waals surface area (Å²) in [5.41, 5.74) is 0.117. The van der Waals surface area contributed by atoms with Gasteiger partial charge in [-0.2, -0.15) is 0 Å². The molecule has 134 valence electrons. The van der Waals surface area contributed by atoms with Crippen molar-refractivity contribution in [2.24, 2.45) is 12.5 Å². The highest BCUT2D eigenvalue weighted by Gasteiger charge is 2.51. The number of carbonyl (C=O) groups is 1. The Morgan fingerprint density at radius 2 is 2.16 bits per heavy atom. The Morgan fingerprint density at radius 3 is 2.84 bits per heavy atom. The monoisotopic (exact) mass is 344 g/mol. The SMILES string of the molecule is COCCn1ccnc1C1N(C(=O)c2cccc(=O)n2C)CC1(C)C. The van der Waals surface area contributed by atoms with Crippen LogP contribution in [0.4, 0.5) is 0 Å². The third kappa shape index (κ3) is 3.00. The number of amides is 1. The maximum Gasteiger partial charge on any atom is 0.271 e. The Hall–Kier alpha value is -2.41. The van der Waals surface area contributed by atoms with Gasteiger partial charge in [-0.15, -0.1) is 0 Å². The third-order valence-corrected chi connectivity index (χ3v) is 4.82. The molecule has 0 spiro atoms. The summed E-state index contributed by atoms with van der Waals surface area (Å²) in [4.78, 5) is 31.2. The van der Waals surface area contributed by atoms with Gasteiger partial charge in [0.25, 0.3) is 11.5 Å². The minimum absolute atomic E-state index is 0.0838. The van der Waals surface area contributed by atoms with Crippen LogP contribution in [0.15, 0.2) is 35.4 Å². The van der Waals surface area contributed by atoms with Gasteiger partial charge in [-0.3, -0.25) is 9.59 Å². The average molecular weight is 344 g/mol. The van der Waals surface area contributed by atoms with Crippen molar-refractivity contribution in [1.29, 1.82) is 0 Å². The van der Waals surface area contributed by atoms with E-state index in [0.29, 0.717) is 25.4 Å². The molecule has 0 N–H and O–H groups in total. The highest BCUT2D eigenvalue weighted by Crippen LogP contribution is 2.48. The Morgan fingerprint density at radius 1 is 1.40 bits per heavy atom. The van der Waals surface area contributed by atoms with Crippen molar-refractivity contribution in [1.82, 2.24) is 19.0 Å². The summed E-state index contributed by atoms with van der Waals surface area (Å²) in [5, 5.41) is 0. The first-order valence-electron chi connectivity index (χ1n) is 8.34. The molecule has 1 amide bonds. The van der Waals surface area contributed by atoms with Crippen molar-refractivity contribution < 1.29 is 9.53 Å². The lowest BCUT2D eigenvalue weighted by molar-refractivity contribution is -0.0388. The first-order valence-corrected chi connectivity index (χ1v) is 8.34. The quantitative estimate of drug-likeness (QED) is 0.823. The maximum atomic E-state index is 13.0. The van der Waals surface area contributed by atoms with Crippen LogP contribution in [0.2, 0.25) is 0 Å². The molecular formula is C18H24N4O3. The predicted octanol–water partition coefficient (Wildman–Crippen LogP) is 1.45. The zero-order valence-electron chi connectivity index (χ0n) is 15.1. The second-order valence-electron chi connectivity index (χ2n) is 7.10. The highest BCUT2D eigenvalue weighted by molar-refractivity contribution is 5.93. The Labute approximate surface area is 146 Å². The van der Waals surface area contributed by atoms with Gasteiger partial charge in [0.2, 0.25) is 0 Å². The lowest BCUT2D eigenvalue weighted by atomic mass is 9.74. The lowest BCUT2D eigenvalue weighted by Gasteiger charge is -2.53. The molecule has 7 nitrogen and oxygen atoms in total. The summed E-state index contributed by atoms with van der Waals surface area (Å²) in [7, 11) is 3.28. The van der Waals surface area contributed by atoms with Crippen LogP contribution >= 0.6 is 0 Å². The molecule has 3 heterocycles. The van der Waals surface area contributed by atoms with E-state index in [9.17, 15) is 9.59 Å². The molecule has 3 rings (SSSR count). The number of pyridine rings is 1. The number of imidazole rings is 1. The van der Waals surface area contributed by atoms with E-state index < -0.39 is 0 Å². The Balaban J connectivity index is 1.93. The van der Waals surface area contributed by atoms with Gasteiger partial charge in [-0.1, -0.05) is 19.9 Å². The van der Waals surface area contributed by atoms with E-state index >= 15 is 0 Å². The number of hydrogen-bond donors (Lipinski definition) is 0. The maximum absolute atomic E-state index is 13.0. The number of methoxy groups -OCH3 is 1. The van der Waals surface area contributed by atoms with E-state index in [4.69, 9.17) is 4.74 Å². The molecule has 2 aromatic heterocycles. The van der Waals surface area contributed by atoms with E-state index in [1.807, 2.05) is 10.8 Å². The molecule has 1 unspecified atom stereocenters. The number of nitrogens with zero attached hydrogens (tertiary/aromatic N) is 4. The highest BCUT2D eigenvalue weighted by atomic mass is 16.5. The number of hydrogen-bond acceptors (Lipinski definition) is 4. The molecule has 1 aliphatic rings. The van der Waals surface area contributed by atoms with Crippen LogP contribution in [0.3, 0.4) is 0 Å². The number of ether oxygens (including phenoxy) is 1. The number of rotatable bonds is 5. The van der Waals surface area contributed by atoms with E-state index in [1.54, 1.807) is 37.4 Å². The molecule has 0 aliphatic carbocycles. The van der Waals surface area contributed by atoms with Crippen LogP contribution in [-0.2, 0) is 18.3 Å². The second-order valence-corrected chi connectivity index (χ2v) is 7.10. The summed E-state index contributed by atoms with van der Waals surface area (Å²) in [6.07, 6.45) is 3.66. The smallest absolute Gasteiger partial charge is 0.271 e. The van der Waals surface area contributed by atoms with Gasteiger partial charge < -0.3 is 18.8 Å². The topological polar surface area (TPSA) is 69.4 Å². The summed E-state index contributed by atoms with van der Waals surface area (Å²) in [5.74, 6) is 0.702. The van der Waals surface area contributed by atoms with E-state index in [0.717, 1.165) is 5.82 Å². The molecular weight excluding hydrogens is 320 g/mol.